The molecule has 2 aromatic rings. The van der Waals surface area contributed by atoms with Crippen molar-refractivity contribution < 1.29 is 18.3 Å². The zero-order valence-corrected chi connectivity index (χ0v) is 13.7. The van der Waals surface area contributed by atoms with Gasteiger partial charge in [0.15, 0.2) is 0 Å². The van der Waals surface area contributed by atoms with E-state index in [-0.39, 0.29) is 4.90 Å². The number of benzene rings is 1. The molecule has 1 aliphatic rings. The van der Waals surface area contributed by atoms with Gasteiger partial charge in [-0.15, -0.1) is 11.3 Å². The van der Waals surface area contributed by atoms with E-state index >= 15 is 0 Å². The van der Waals surface area contributed by atoms with Gasteiger partial charge in [-0.05, 0) is 25.8 Å². The van der Waals surface area contributed by atoms with Gasteiger partial charge in [0.2, 0.25) is 10.0 Å². The fourth-order valence-corrected chi connectivity index (χ4v) is 6.24. The Balaban J connectivity index is 2.04. The first-order valence-electron chi connectivity index (χ1n) is 7.14. The number of thiophene rings is 1. The first-order chi connectivity index (χ1) is 10.4. The van der Waals surface area contributed by atoms with Crippen molar-refractivity contribution in [1.82, 2.24) is 4.31 Å². The van der Waals surface area contributed by atoms with Crippen LogP contribution in [0, 0.1) is 5.92 Å². The van der Waals surface area contributed by atoms with Gasteiger partial charge in [-0.1, -0.05) is 18.2 Å². The average Bonchev–Trinajstić information content (AvgIpc) is 2.91. The number of hydrogen-bond acceptors (Lipinski definition) is 4. The highest BCUT2D eigenvalue weighted by atomic mass is 32.2. The van der Waals surface area contributed by atoms with Crippen LogP contribution in [0.25, 0.3) is 10.1 Å². The van der Waals surface area contributed by atoms with Crippen LogP contribution in [0.3, 0.4) is 0 Å². The molecule has 1 aromatic carbocycles. The lowest BCUT2D eigenvalue weighted by Crippen LogP contribution is -2.48. The van der Waals surface area contributed by atoms with E-state index in [0.29, 0.717) is 24.8 Å². The molecule has 5 nitrogen and oxygen atoms in total. The molecule has 118 valence electrons. The molecule has 0 spiro atoms. The van der Waals surface area contributed by atoms with Crippen molar-refractivity contribution in [3.63, 3.8) is 0 Å². The highest BCUT2D eigenvalue weighted by Gasteiger charge is 2.40. The lowest BCUT2D eigenvalue weighted by atomic mass is 9.92. The number of fused-ring (bicyclic) bond motifs is 1. The van der Waals surface area contributed by atoms with Crippen LogP contribution in [0.15, 0.2) is 34.5 Å². The largest absolute Gasteiger partial charge is 0.481 e. The summed E-state index contributed by atoms with van der Waals surface area (Å²) in [5.74, 6) is -1.57. The summed E-state index contributed by atoms with van der Waals surface area (Å²) >= 11 is 1.39. The van der Waals surface area contributed by atoms with Crippen LogP contribution in [0.5, 0.6) is 0 Å². The number of piperidine rings is 1. The summed E-state index contributed by atoms with van der Waals surface area (Å²) in [7, 11) is -3.68. The Morgan fingerprint density at radius 1 is 1.36 bits per heavy atom. The fourth-order valence-electron chi connectivity index (χ4n) is 3.06. The minimum absolute atomic E-state index is 0.283. The number of rotatable bonds is 3. The summed E-state index contributed by atoms with van der Waals surface area (Å²) in [4.78, 5) is 11.6. The van der Waals surface area contributed by atoms with Crippen molar-refractivity contribution in [2.45, 2.75) is 30.7 Å². The van der Waals surface area contributed by atoms with E-state index in [9.17, 15) is 18.3 Å². The van der Waals surface area contributed by atoms with Crippen molar-refractivity contribution in [1.29, 1.82) is 0 Å². The zero-order valence-electron chi connectivity index (χ0n) is 12.1. The predicted octanol–water partition coefficient (Wildman–Crippen LogP) is 2.78. The van der Waals surface area contributed by atoms with E-state index < -0.39 is 28.0 Å². The Kier molecular flexibility index (Phi) is 3.96. The van der Waals surface area contributed by atoms with Gasteiger partial charge in [-0.2, -0.15) is 4.31 Å². The van der Waals surface area contributed by atoms with E-state index in [1.54, 1.807) is 18.4 Å². The van der Waals surface area contributed by atoms with Crippen LogP contribution in [0.4, 0.5) is 0 Å². The molecule has 1 aromatic heterocycles. The number of hydrogen-bond donors (Lipinski definition) is 1. The van der Waals surface area contributed by atoms with Crippen LogP contribution in [-0.4, -0.2) is 36.4 Å². The standard InChI is InChI=1S/C15H17NO4S2/c1-10-11(15(17)18)6-4-8-16(10)22(19,20)14-9-21-13-7-3-2-5-12(13)14/h2-3,5,7,9-11H,4,6,8H2,1H3,(H,17,18)/t10-,11-/m1/s1. The molecule has 0 radical (unpaired) electrons. The van der Waals surface area contributed by atoms with Gasteiger partial charge in [0.1, 0.15) is 4.90 Å². The highest BCUT2D eigenvalue weighted by Crippen LogP contribution is 2.35. The fraction of sp³-hybridized carbons (Fsp3) is 0.400. The molecule has 1 N–H and O–H groups in total. The molecule has 7 heteroatoms. The normalized spacial score (nSPS) is 23.7. The highest BCUT2D eigenvalue weighted by molar-refractivity contribution is 7.89. The lowest BCUT2D eigenvalue weighted by Gasteiger charge is -2.36. The number of carboxylic acids is 1. The molecule has 3 rings (SSSR count). The van der Waals surface area contributed by atoms with Crippen molar-refractivity contribution in [3.05, 3.63) is 29.6 Å². The summed E-state index contributed by atoms with van der Waals surface area (Å²) in [6.07, 6.45) is 1.09. The third-order valence-corrected chi connectivity index (χ3v) is 7.42. The van der Waals surface area contributed by atoms with E-state index in [4.69, 9.17) is 0 Å². The molecule has 0 bridgehead atoms. The molecule has 0 saturated carbocycles. The molecule has 1 aliphatic heterocycles. The molecule has 0 aliphatic carbocycles. The van der Waals surface area contributed by atoms with E-state index in [1.165, 1.54) is 15.6 Å². The van der Waals surface area contributed by atoms with Crippen molar-refractivity contribution >= 4 is 37.4 Å². The van der Waals surface area contributed by atoms with E-state index in [2.05, 4.69) is 0 Å². The molecule has 1 saturated heterocycles. The third kappa shape index (κ3) is 2.43. The Bertz CT molecular complexity index is 812. The molecular formula is C15H17NO4S2. The van der Waals surface area contributed by atoms with E-state index in [1.807, 2.05) is 18.2 Å². The Labute approximate surface area is 133 Å². The number of carbonyl (C=O) groups is 1. The van der Waals surface area contributed by atoms with Crippen LogP contribution < -0.4 is 0 Å². The van der Waals surface area contributed by atoms with Gasteiger partial charge in [0, 0.05) is 28.1 Å². The van der Waals surface area contributed by atoms with Gasteiger partial charge in [-0.25, -0.2) is 8.42 Å². The first-order valence-corrected chi connectivity index (χ1v) is 9.46. The van der Waals surface area contributed by atoms with Crippen molar-refractivity contribution in [3.8, 4) is 0 Å². The molecule has 2 heterocycles. The molecule has 2 atom stereocenters. The Hall–Kier alpha value is -1.44. The van der Waals surface area contributed by atoms with E-state index in [0.717, 1.165) is 4.70 Å². The molecule has 0 unspecified atom stereocenters. The summed E-state index contributed by atoms with van der Waals surface area (Å²) < 4.78 is 28.2. The second-order valence-corrected chi connectivity index (χ2v) is 8.31. The second-order valence-electron chi connectivity index (χ2n) is 5.54. The SMILES string of the molecule is C[C@@H]1[C@H](C(=O)O)CCCN1S(=O)(=O)c1csc2ccccc12. The number of sulfonamides is 1. The van der Waals surface area contributed by atoms with Crippen LogP contribution >= 0.6 is 11.3 Å². The summed E-state index contributed by atoms with van der Waals surface area (Å²) in [6, 6.07) is 6.84. The van der Waals surface area contributed by atoms with Crippen molar-refractivity contribution in [2.75, 3.05) is 6.54 Å². The monoisotopic (exact) mass is 339 g/mol. The quantitative estimate of drug-likeness (QED) is 0.933. The average molecular weight is 339 g/mol. The first kappa shape index (κ1) is 15.5. The minimum atomic E-state index is -3.68. The lowest BCUT2D eigenvalue weighted by molar-refractivity contribution is -0.144. The smallest absolute Gasteiger partial charge is 0.308 e. The molecular weight excluding hydrogens is 322 g/mol. The Morgan fingerprint density at radius 2 is 2.09 bits per heavy atom. The molecule has 0 amide bonds. The van der Waals surface area contributed by atoms with Gasteiger partial charge in [0.05, 0.1) is 5.92 Å². The minimum Gasteiger partial charge on any atom is -0.481 e. The summed E-state index contributed by atoms with van der Waals surface area (Å²) in [5, 5.41) is 11.6. The second kappa shape index (κ2) is 5.64. The van der Waals surface area contributed by atoms with Gasteiger partial charge in [-0.3, -0.25) is 4.79 Å². The molecule has 22 heavy (non-hydrogen) atoms. The maximum Gasteiger partial charge on any atom is 0.308 e. The zero-order chi connectivity index (χ0) is 15.9. The summed E-state index contributed by atoms with van der Waals surface area (Å²) in [6.45, 7) is 2.06. The van der Waals surface area contributed by atoms with Gasteiger partial charge in [0.25, 0.3) is 0 Å². The van der Waals surface area contributed by atoms with Crippen LogP contribution in [-0.2, 0) is 14.8 Å². The number of aliphatic carboxylic acids is 1. The predicted molar refractivity (Wildman–Crippen MR) is 85.5 cm³/mol. The van der Waals surface area contributed by atoms with Crippen molar-refractivity contribution in [2.24, 2.45) is 5.92 Å². The van der Waals surface area contributed by atoms with Gasteiger partial charge >= 0.3 is 5.97 Å². The van der Waals surface area contributed by atoms with Gasteiger partial charge < -0.3 is 5.11 Å². The number of carboxylic acid groups (broad SMARTS) is 1. The molecule has 1 fully saturated rings. The third-order valence-electron chi connectivity index (χ3n) is 4.28. The Morgan fingerprint density at radius 3 is 2.82 bits per heavy atom. The van der Waals surface area contributed by atoms with Crippen LogP contribution in [0.1, 0.15) is 19.8 Å². The van der Waals surface area contributed by atoms with Crippen LogP contribution in [0.2, 0.25) is 0 Å². The number of nitrogens with zero attached hydrogens (tertiary/aromatic N) is 1. The maximum atomic E-state index is 13.0. The topological polar surface area (TPSA) is 74.7 Å². The summed E-state index contributed by atoms with van der Waals surface area (Å²) in [5.41, 5.74) is 0. The maximum absolute atomic E-state index is 13.0.